The summed E-state index contributed by atoms with van der Waals surface area (Å²) in [5.74, 6) is -0.176. The molecule has 2 aromatic heterocycles. The molecule has 0 aromatic carbocycles. The van der Waals surface area contributed by atoms with Crippen LogP contribution in [0.3, 0.4) is 0 Å². The van der Waals surface area contributed by atoms with Crippen molar-refractivity contribution in [1.82, 2.24) is 15.2 Å². The van der Waals surface area contributed by atoms with Crippen molar-refractivity contribution in [2.24, 2.45) is 0 Å². The first-order valence-corrected chi connectivity index (χ1v) is 5.33. The molecule has 0 radical (unpaired) electrons. The topological polar surface area (TPSA) is 70.7 Å². The van der Waals surface area contributed by atoms with Crippen LogP contribution in [-0.2, 0) is 0 Å². The maximum absolute atomic E-state index is 11.9. The summed E-state index contributed by atoms with van der Waals surface area (Å²) < 4.78 is 0. The lowest BCUT2D eigenvalue weighted by Gasteiger charge is -2.05. The maximum atomic E-state index is 11.9. The Morgan fingerprint density at radius 2 is 2.06 bits per heavy atom. The van der Waals surface area contributed by atoms with E-state index in [1.807, 2.05) is 26.8 Å². The van der Waals surface area contributed by atoms with Crippen molar-refractivity contribution in [1.29, 1.82) is 0 Å². The number of aryl methyl sites for hydroxylation is 3. The Balaban J connectivity index is 2.20. The van der Waals surface area contributed by atoms with E-state index < -0.39 is 0 Å². The highest BCUT2D eigenvalue weighted by molar-refractivity contribution is 6.04. The molecule has 0 unspecified atom stereocenters. The van der Waals surface area contributed by atoms with Crippen molar-refractivity contribution in [2.75, 3.05) is 5.32 Å². The summed E-state index contributed by atoms with van der Waals surface area (Å²) in [6, 6.07) is 3.56. The summed E-state index contributed by atoms with van der Waals surface area (Å²) in [4.78, 5) is 16.0. The number of hydrogen-bond acceptors (Lipinski definition) is 3. The maximum Gasteiger partial charge on any atom is 0.257 e. The zero-order valence-electron chi connectivity index (χ0n) is 10.0. The number of H-pyrrole nitrogens is 1. The average molecular weight is 230 g/mol. The van der Waals surface area contributed by atoms with Crippen LogP contribution in [0.15, 0.2) is 18.3 Å². The fraction of sp³-hybridized carbons (Fsp3) is 0.250. The molecule has 2 rings (SSSR count). The third-order valence-electron chi connectivity index (χ3n) is 2.54. The molecule has 0 bridgehead atoms. The molecule has 17 heavy (non-hydrogen) atoms. The molecule has 0 saturated carbocycles. The Morgan fingerprint density at radius 1 is 1.29 bits per heavy atom. The summed E-state index contributed by atoms with van der Waals surface area (Å²) in [6.07, 6.45) is 1.56. The van der Waals surface area contributed by atoms with Gasteiger partial charge in [-0.25, -0.2) is 0 Å². The van der Waals surface area contributed by atoms with Gasteiger partial charge in [0.2, 0.25) is 0 Å². The van der Waals surface area contributed by atoms with Crippen LogP contribution in [0.1, 0.15) is 27.4 Å². The van der Waals surface area contributed by atoms with Crippen molar-refractivity contribution >= 4 is 11.6 Å². The van der Waals surface area contributed by atoms with Gasteiger partial charge in [0.25, 0.3) is 5.91 Å². The number of hydrogen-bond donors (Lipinski definition) is 2. The van der Waals surface area contributed by atoms with Gasteiger partial charge in [0.1, 0.15) is 0 Å². The van der Waals surface area contributed by atoms with Gasteiger partial charge >= 0.3 is 0 Å². The number of nitrogens with one attached hydrogen (secondary N) is 2. The summed E-state index contributed by atoms with van der Waals surface area (Å²) >= 11 is 0. The number of aromatic nitrogens is 3. The molecule has 1 amide bonds. The Morgan fingerprint density at radius 3 is 2.59 bits per heavy atom. The van der Waals surface area contributed by atoms with E-state index in [9.17, 15) is 4.79 Å². The fourth-order valence-corrected chi connectivity index (χ4v) is 1.52. The van der Waals surface area contributed by atoms with Gasteiger partial charge in [-0.2, -0.15) is 5.10 Å². The van der Waals surface area contributed by atoms with Gasteiger partial charge in [0.05, 0.1) is 22.6 Å². The highest BCUT2D eigenvalue weighted by Gasteiger charge is 2.11. The summed E-state index contributed by atoms with van der Waals surface area (Å²) in [6.45, 7) is 5.58. The molecule has 0 aliphatic rings. The third kappa shape index (κ3) is 2.33. The van der Waals surface area contributed by atoms with Crippen LogP contribution < -0.4 is 5.32 Å². The van der Waals surface area contributed by atoms with Gasteiger partial charge in [-0.05, 0) is 32.9 Å². The van der Waals surface area contributed by atoms with E-state index >= 15 is 0 Å². The molecule has 5 nitrogen and oxygen atoms in total. The molecule has 2 aromatic rings. The monoisotopic (exact) mass is 230 g/mol. The number of nitrogens with zero attached hydrogens (tertiary/aromatic N) is 2. The number of carbonyl (C=O) groups is 1. The zero-order valence-corrected chi connectivity index (χ0v) is 10.0. The SMILES string of the molecule is Cc1ccc(C(=O)Nc2c(C)n[nH]c2C)cn1. The largest absolute Gasteiger partial charge is 0.319 e. The van der Waals surface area contributed by atoms with Gasteiger partial charge in [-0.3, -0.25) is 14.9 Å². The lowest BCUT2D eigenvalue weighted by molar-refractivity contribution is 0.102. The molecular weight excluding hydrogens is 216 g/mol. The van der Waals surface area contributed by atoms with Crippen molar-refractivity contribution in [2.45, 2.75) is 20.8 Å². The lowest BCUT2D eigenvalue weighted by Crippen LogP contribution is -2.13. The highest BCUT2D eigenvalue weighted by atomic mass is 16.1. The van der Waals surface area contributed by atoms with E-state index in [1.165, 1.54) is 0 Å². The minimum atomic E-state index is -0.176. The lowest BCUT2D eigenvalue weighted by atomic mass is 10.2. The standard InChI is InChI=1S/C12H14N4O/c1-7-4-5-10(6-13-7)12(17)14-11-8(2)15-16-9(11)3/h4-6H,1-3H3,(H,14,17)(H,15,16). The first kappa shape index (κ1) is 11.3. The van der Waals surface area contributed by atoms with Crippen LogP contribution in [-0.4, -0.2) is 21.1 Å². The molecule has 0 spiro atoms. The van der Waals surface area contributed by atoms with Gasteiger partial charge in [0.15, 0.2) is 0 Å². The third-order valence-corrected chi connectivity index (χ3v) is 2.54. The summed E-state index contributed by atoms with van der Waals surface area (Å²) in [5.41, 5.74) is 3.77. The van der Waals surface area contributed by atoms with Gasteiger partial charge in [0, 0.05) is 11.9 Å². The Labute approximate surface area is 99.3 Å². The minimum absolute atomic E-state index is 0.176. The van der Waals surface area contributed by atoms with Crippen molar-refractivity contribution in [3.63, 3.8) is 0 Å². The van der Waals surface area contributed by atoms with Gasteiger partial charge < -0.3 is 5.32 Å². The fourth-order valence-electron chi connectivity index (χ4n) is 1.52. The van der Waals surface area contributed by atoms with E-state index in [1.54, 1.807) is 12.3 Å². The van der Waals surface area contributed by atoms with Crippen molar-refractivity contribution in [3.8, 4) is 0 Å². The van der Waals surface area contributed by atoms with E-state index in [-0.39, 0.29) is 5.91 Å². The number of carbonyl (C=O) groups excluding carboxylic acids is 1. The second kappa shape index (κ2) is 4.37. The van der Waals surface area contributed by atoms with E-state index in [0.29, 0.717) is 5.56 Å². The van der Waals surface area contributed by atoms with Crippen LogP contribution in [0, 0.1) is 20.8 Å². The molecule has 0 aliphatic heterocycles. The van der Waals surface area contributed by atoms with Gasteiger partial charge in [-0.1, -0.05) is 0 Å². The molecule has 0 saturated heterocycles. The normalized spacial score (nSPS) is 10.3. The predicted octanol–water partition coefficient (Wildman–Crippen LogP) is 1.98. The smallest absolute Gasteiger partial charge is 0.257 e. The Kier molecular flexibility index (Phi) is 2.91. The second-order valence-electron chi connectivity index (χ2n) is 3.95. The Hall–Kier alpha value is -2.17. The number of pyridine rings is 1. The average Bonchev–Trinajstić information content (AvgIpc) is 2.61. The molecule has 88 valence electrons. The van der Waals surface area contributed by atoms with E-state index in [2.05, 4.69) is 20.5 Å². The molecule has 2 heterocycles. The molecule has 0 aliphatic carbocycles. The van der Waals surface area contributed by atoms with Crippen LogP contribution in [0.4, 0.5) is 5.69 Å². The van der Waals surface area contributed by atoms with Crippen LogP contribution >= 0.6 is 0 Å². The first-order chi connectivity index (χ1) is 8.08. The molecule has 0 fully saturated rings. The van der Waals surface area contributed by atoms with Crippen molar-refractivity contribution < 1.29 is 4.79 Å². The molecule has 5 heteroatoms. The second-order valence-corrected chi connectivity index (χ2v) is 3.95. The van der Waals surface area contributed by atoms with Crippen LogP contribution in [0.5, 0.6) is 0 Å². The van der Waals surface area contributed by atoms with E-state index in [0.717, 1.165) is 22.8 Å². The number of anilines is 1. The molecular formula is C12H14N4O. The van der Waals surface area contributed by atoms with Crippen LogP contribution in [0.25, 0.3) is 0 Å². The summed E-state index contributed by atoms with van der Waals surface area (Å²) in [5, 5.41) is 9.67. The number of amides is 1. The Bertz CT molecular complexity index is 523. The number of rotatable bonds is 2. The predicted molar refractivity (Wildman–Crippen MR) is 65.0 cm³/mol. The highest BCUT2D eigenvalue weighted by Crippen LogP contribution is 2.17. The van der Waals surface area contributed by atoms with Crippen LogP contribution in [0.2, 0.25) is 0 Å². The first-order valence-electron chi connectivity index (χ1n) is 5.33. The summed E-state index contributed by atoms with van der Waals surface area (Å²) in [7, 11) is 0. The minimum Gasteiger partial charge on any atom is -0.319 e. The van der Waals surface area contributed by atoms with Gasteiger partial charge in [-0.15, -0.1) is 0 Å². The van der Waals surface area contributed by atoms with E-state index in [4.69, 9.17) is 0 Å². The van der Waals surface area contributed by atoms with Crippen molar-refractivity contribution in [3.05, 3.63) is 41.0 Å². The number of aromatic amines is 1. The quantitative estimate of drug-likeness (QED) is 0.828. The molecule has 0 atom stereocenters. The molecule has 2 N–H and O–H groups in total. The zero-order chi connectivity index (χ0) is 12.4.